The highest BCUT2D eigenvalue weighted by atomic mass is 16.5. The molecule has 14 nitrogen and oxygen atoms in total. The van der Waals surface area contributed by atoms with E-state index < -0.39 is 18.2 Å². The van der Waals surface area contributed by atoms with E-state index in [0.717, 1.165) is 66.1 Å². The maximum atomic E-state index is 13.4. The van der Waals surface area contributed by atoms with Crippen LogP contribution >= 0.6 is 0 Å². The monoisotopic (exact) mass is 811 g/mol. The van der Waals surface area contributed by atoms with Crippen LogP contribution in [-0.2, 0) is 25.5 Å². The number of aromatic nitrogens is 4. The molecule has 2 aliphatic heterocycles. The second-order valence-electron chi connectivity index (χ2n) is 16.4. The zero-order valence-corrected chi connectivity index (χ0v) is 35.0. The first-order valence-corrected chi connectivity index (χ1v) is 20.8. The van der Waals surface area contributed by atoms with Crippen molar-refractivity contribution < 1.29 is 23.9 Å². The normalized spacial score (nSPS) is 19.6. The number of alkyl carbamates (subject to hydrolysis) is 1. The molecule has 6 unspecified atom stereocenters. The van der Waals surface area contributed by atoms with Gasteiger partial charge in [0.25, 0.3) is 0 Å². The minimum absolute atomic E-state index is 0.1000. The molecule has 60 heavy (non-hydrogen) atoms. The largest absolute Gasteiger partial charge is 0.453 e. The van der Waals surface area contributed by atoms with Gasteiger partial charge in [0, 0.05) is 38.3 Å². The van der Waals surface area contributed by atoms with Crippen LogP contribution in [0.4, 0.5) is 10.5 Å². The van der Waals surface area contributed by atoms with E-state index in [0.29, 0.717) is 18.3 Å². The summed E-state index contributed by atoms with van der Waals surface area (Å²) in [6.45, 7) is 8.27. The quantitative estimate of drug-likeness (QED) is 0.114. The summed E-state index contributed by atoms with van der Waals surface area (Å²) in [7, 11) is 2.95. The fourth-order valence-corrected chi connectivity index (χ4v) is 9.38. The summed E-state index contributed by atoms with van der Waals surface area (Å²) in [6, 6.07) is 21.9. The first kappa shape index (κ1) is 40.3. The molecule has 14 heteroatoms. The number of hydrogen-bond acceptors (Lipinski definition) is 8. The van der Waals surface area contributed by atoms with Gasteiger partial charge in [0.15, 0.2) is 0 Å². The Bertz CT molecular complexity index is 2390. The van der Waals surface area contributed by atoms with Gasteiger partial charge in [0.1, 0.15) is 23.7 Å². The predicted molar refractivity (Wildman–Crippen MR) is 229 cm³/mol. The number of likely N-dealkylation sites (N-methyl/N-ethyl adjacent to an activating group) is 1. The van der Waals surface area contributed by atoms with Gasteiger partial charge in [0.05, 0.1) is 49.0 Å². The van der Waals surface area contributed by atoms with Crippen molar-refractivity contribution in [2.75, 3.05) is 32.1 Å². The van der Waals surface area contributed by atoms with Gasteiger partial charge in [-0.25, -0.2) is 14.8 Å². The zero-order valence-electron chi connectivity index (χ0n) is 35.0. The van der Waals surface area contributed by atoms with Crippen LogP contribution in [0.25, 0.3) is 33.6 Å². The van der Waals surface area contributed by atoms with Crippen molar-refractivity contribution in [1.82, 2.24) is 40.4 Å². The number of hydrogen-bond donors (Lipinski definition) is 4. The number of ether oxygens (including phenoxy) is 1. The number of methoxy groups -OCH3 is 1. The zero-order chi connectivity index (χ0) is 42.2. The first-order chi connectivity index (χ1) is 28.9. The van der Waals surface area contributed by atoms with E-state index in [4.69, 9.17) is 4.98 Å². The Hall–Kier alpha value is -6.44. The molecule has 2 saturated heterocycles. The number of carbonyl (C=O) groups is 4. The number of aromatic amines is 2. The Morgan fingerprint density at radius 3 is 2.30 bits per heavy atom. The Morgan fingerprint density at radius 2 is 1.57 bits per heavy atom. The molecule has 2 fully saturated rings. The molecule has 3 aromatic carbocycles. The SMILES string of the molecule is COC(=O)NC(C)C(=O)N(C)C(C)c1ncc(-c2ccc(-c3ccc(-c4cnc(C5CCCN5C(=O)C(C)NC(C)=O)[nH]4)c4c3CC3CC4N(c4ccccc4)C3)cc2)[nH]1. The molecule has 312 valence electrons. The van der Waals surface area contributed by atoms with Gasteiger partial charge in [-0.3, -0.25) is 14.4 Å². The second-order valence-corrected chi connectivity index (χ2v) is 16.4. The second kappa shape index (κ2) is 16.7. The third kappa shape index (κ3) is 7.73. The van der Waals surface area contributed by atoms with Gasteiger partial charge in [0.2, 0.25) is 17.7 Å². The number of anilines is 1. The summed E-state index contributed by atoms with van der Waals surface area (Å²) < 4.78 is 4.64. The predicted octanol–water partition coefficient (Wildman–Crippen LogP) is 6.71. The van der Waals surface area contributed by atoms with Gasteiger partial charge >= 0.3 is 6.09 Å². The number of para-hydroxylation sites is 1. The van der Waals surface area contributed by atoms with Crippen LogP contribution in [0.2, 0.25) is 0 Å². The molecular weight excluding hydrogens is 759 g/mol. The number of carbonyl (C=O) groups excluding carboxylic acids is 4. The number of imidazole rings is 2. The van der Waals surface area contributed by atoms with Crippen LogP contribution in [0.3, 0.4) is 0 Å². The number of nitrogens with one attached hydrogen (secondary N) is 4. The van der Waals surface area contributed by atoms with E-state index in [9.17, 15) is 19.2 Å². The highest BCUT2D eigenvalue weighted by Gasteiger charge is 2.42. The molecule has 6 atom stereocenters. The molecular formula is C46H53N9O5. The Balaban J connectivity index is 1.09. The smallest absolute Gasteiger partial charge is 0.407 e. The van der Waals surface area contributed by atoms with Gasteiger partial charge in [-0.05, 0) is 92.3 Å². The van der Waals surface area contributed by atoms with Crippen molar-refractivity contribution in [1.29, 1.82) is 0 Å². The van der Waals surface area contributed by atoms with Gasteiger partial charge in [-0.2, -0.15) is 0 Å². The highest BCUT2D eigenvalue weighted by molar-refractivity contribution is 5.87. The molecule has 0 radical (unpaired) electrons. The Labute approximate surface area is 350 Å². The van der Waals surface area contributed by atoms with Crippen LogP contribution in [0.5, 0.6) is 0 Å². The van der Waals surface area contributed by atoms with E-state index in [1.165, 1.54) is 36.4 Å². The number of H-pyrrole nitrogens is 2. The molecule has 4 heterocycles. The summed E-state index contributed by atoms with van der Waals surface area (Å²) in [5.74, 6) is 1.31. The molecule has 4 N–H and O–H groups in total. The lowest BCUT2D eigenvalue weighted by Gasteiger charge is -2.32. The van der Waals surface area contributed by atoms with E-state index in [1.54, 1.807) is 32.0 Å². The van der Waals surface area contributed by atoms with Gasteiger partial charge in [-0.15, -0.1) is 0 Å². The molecule has 3 aliphatic rings. The van der Waals surface area contributed by atoms with Crippen molar-refractivity contribution in [2.45, 2.75) is 83.6 Å². The molecule has 2 aromatic heterocycles. The number of benzene rings is 3. The number of fused-ring (bicyclic) bond motifs is 4. The third-order valence-corrected chi connectivity index (χ3v) is 12.5. The van der Waals surface area contributed by atoms with Crippen molar-refractivity contribution in [2.24, 2.45) is 5.92 Å². The number of rotatable bonds is 11. The van der Waals surface area contributed by atoms with Crippen LogP contribution in [0, 0.1) is 5.92 Å². The standard InChI is InChI=1S/C46H53N9O5/c1-26(50-46(59)60-6)44(57)53(5)28(3)42-47-23-37(51-42)32-16-14-31(15-17-32)34-18-19-35(41-36(34)21-30-22-40(41)55(25-30)33-11-8-7-9-12-33)38-24-48-43(52-38)39-13-10-20-54(39)45(58)27(2)49-29(4)56/h7-9,11-12,14-19,23-24,26-28,30,39-40H,10,13,20-22,25H2,1-6H3,(H,47,51)(H,48,52)(H,49,56)(H,50,59). The van der Waals surface area contributed by atoms with Crippen LogP contribution in [-0.4, -0.2) is 92.9 Å². The number of amides is 4. The minimum atomic E-state index is -0.757. The minimum Gasteiger partial charge on any atom is -0.453 e. The lowest BCUT2D eigenvalue weighted by molar-refractivity contribution is -0.136. The van der Waals surface area contributed by atoms with E-state index in [2.05, 4.69) is 102 Å². The van der Waals surface area contributed by atoms with E-state index >= 15 is 0 Å². The topological polar surface area (TPSA) is 169 Å². The molecule has 0 spiro atoms. The van der Waals surface area contributed by atoms with E-state index in [1.807, 2.05) is 18.0 Å². The summed E-state index contributed by atoms with van der Waals surface area (Å²) in [5.41, 5.74) is 10.1. The summed E-state index contributed by atoms with van der Waals surface area (Å²) >= 11 is 0. The molecule has 1 aliphatic carbocycles. The van der Waals surface area contributed by atoms with Gasteiger partial charge in [-0.1, -0.05) is 54.6 Å². The Morgan fingerprint density at radius 1 is 0.850 bits per heavy atom. The average Bonchev–Trinajstić information content (AvgIpc) is 4.09. The lowest BCUT2D eigenvalue weighted by Crippen LogP contribution is -2.46. The highest BCUT2D eigenvalue weighted by Crippen LogP contribution is 2.51. The van der Waals surface area contributed by atoms with Crippen molar-refractivity contribution in [3.63, 3.8) is 0 Å². The van der Waals surface area contributed by atoms with Crippen molar-refractivity contribution in [3.05, 3.63) is 102 Å². The van der Waals surface area contributed by atoms with Gasteiger partial charge < -0.3 is 40.0 Å². The Kier molecular flexibility index (Phi) is 11.2. The molecule has 5 aromatic rings. The number of nitrogens with zero attached hydrogens (tertiary/aromatic N) is 5. The fourth-order valence-electron chi connectivity index (χ4n) is 9.38. The van der Waals surface area contributed by atoms with Crippen LogP contribution < -0.4 is 15.5 Å². The maximum absolute atomic E-state index is 13.4. The first-order valence-electron chi connectivity index (χ1n) is 20.8. The van der Waals surface area contributed by atoms with Crippen LogP contribution in [0.15, 0.2) is 79.1 Å². The fraction of sp³-hybridized carbons (Fsp3) is 0.391. The van der Waals surface area contributed by atoms with Crippen LogP contribution in [0.1, 0.15) is 87.9 Å². The maximum Gasteiger partial charge on any atom is 0.407 e. The lowest BCUT2D eigenvalue weighted by atomic mass is 9.77. The van der Waals surface area contributed by atoms with Crippen molar-refractivity contribution in [3.8, 4) is 33.6 Å². The average molecular weight is 812 g/mol. The number of likely N-dealkylation sites (tertiary alicyclic amines) is 1. The summed E-state index contributed by atoms with van der Waals surface area (Å²) in [6.07, 6.45) is 6.72. The molecule has 2 bridgehead atoms. The summed E-state index contributed by atoms with van der Waals surface area (Å²) in [4.78, 5) is 72.4. The molecule has 4 amide bonds. The van der Waals surface area contributed by atoms with E-state index in [-0.39, 0.29) is 35.8 Å². The third-order valence-electron chi connectivity index (χ3n) is 12.5. The molecule has 0 saturated carbocycles. The summed E-state index contributed by atoms with van der Waals surface area (Å²) in [5, 5.41) is 5.27. The molecule has 8 rings (SSSR count). The van der Waals surface area contributed by atoms with Crippen molar-refractivity contribution >= 4 is 29.5 Å².